The van der Waals surface area contributed by atoms with E-state index in [4.69, 9.17) is 12.2 Å². The zero-order valence-electron chi connectivity index (χ0n) is 8.79. The predicted molar refractivity (Wildman–Crippen MR) is 67.0 cm³/mol. The summed E-state index contributed by atoms with van der Waals surface area (Å²) in [5, 5.41) is 3.00. The average Bonchev–Trinajstić information content (AvgIpc) is 2.20. The first-order valence-electron chi connectivity index (χ1n) is 5.08. The molecule has 1 aromatic rings. The van der Waals surface area contributed by atoms with E-state index in [9.17, 15) is 0 Å². The highest BCUT2D eigenvalue weighted by Crippen LogP contribution is 2.21. The molecule has 0 spiro atoms. The molecule has 2 heteroatoms. The van der Waals surface area contributed by atoms with Gasteiger partial charge in [0.2, 0.25) is 0 Å². The fourth-order valence-electron chi connectivity index (χ4n) is 1.58. The van der Waals surface area contributed by atoms with Gasteiger partial charge in [0.05, 0.1) is 5.49 Å². The molecule has 0 aliphatic carbocycles. The number of nitrogens with one attached hydrogen (secondary N) is 1. The van der Waals surface area contributed by atoms with E-state index in [1.807, 2.05) is 0 Å². The van der Waals surface area contributed by atoms with E-state index < -0.39 is 0 Å². The average molecular weight is 207 g/mol. The SMILES string of the molecule is CCCC(C)c1ccc(NC=S)cc1. The van der Waals surface area contributed by atoms with Gasteiger partial charge in [-0.3, -0.25) is 0 Å². The monoisotopic (exact) mass is 207 g/mol. The van der Waals surface area contributed by atoms with E-state index >= 15 is 0 Å². The zero-order valence-corrected chi connectivity index (χ0v) is 9.60. The molecular weight excluding hydrogens is 190 g/mol. The summed E-state index contributed by atoms with van der Waals surface area (Å²) in [4.78, 5) is 0. The first kappa shape index (κ1) is 11.2. The normalized spacial score (nSPS) is 12.1. The summed E-state index contributed by atoms with van der Waals surface area (Å²) in [6.07, 6.45) is 2.49. The van der Waals surface area contributed by atoms with Crippen molar-refractivity contribution in [3.63, 3.8) is 0 Å². The van der Waals surface area contributed by atoms with E-state index in [0.717, 1.165) is 5.69 Å². The minimum absolute atomic E-state index is 0.654. The van der Waals surface area contributed by atoms with Crippen molar-refractivity contribution in [1.29, 1.82) is 0 Å². The number of benzene rings is 1. The number of rotatable bonds is 5. The molecule has 0 saturated heterocycles. The molecule has 1 atom stereocenters. The largest absolute Gasteiger partial charge is 0.353 e. The molecule has 1 N–H and O–H groups in total. The molecule has 14 heavy (non-hydrogen) atoms. The van der Waals surface area contributed by atoms with E-state index in [0.29, 0.717) is 5.92 Å². The molecule has 0 bridgehead atoms. The van der Waals surface area contributed by atoms with Gasteiger partial charge in [0.15, 0.2) is 0 Å². The van der Waals surface area contributed by atoms with Crippen LogP contribution in [0.3, 0.4) is 0 Å². The third kappa shape index (κ3) is 3.11. The van der Waals surface area contributed by atoms with Crippen LogP contribution in [0.5, 0.6) is 0 Å². The Bertz CT molecular complexity index is 279. The Hall–Kier alpha value is -0.890. The van der Waals surface area contributed by atoms with Crippen LogP contribution in [0.25, 0.3) is 0 Å². The van der Waals surface area contributed by atoms with Crippen LogP contribution in [0.1, 0.15) is 38.2 Å². The highest BCUT2D eigenvalue weighted by molar-refractivity contribution is 7.79. The molecule has 0 radical (unpaired) electrons. The van der Waals surface area contributed by atoms with E-state index in [-0.39, 0.29) is 0 Å². The third-order valence-electron chi connectivity index (χ3n) is 2.43. The lowest BCUT2D eigenvalue weighted by Gasteiger charge is -2.10. The second kappa shape index (κ2) is 5.76. The quantitative estimate of drug-likeness (QED) is 0.733. The van der Waals surface area contributed by atoms with Gasteiger partial charge in [0.25, 0.3) is 0 Å². The number of hydrogen-bond acceptors (Lipinski definition) is 1. The van der Waals surface area contributed by atoms with Crippen molar-refractivity contribution in [1.82, 2.24) is 0 Å². The molecule has 0 aliphatic rings. The van der Waals surface area contributed by atoms with Crippen molar-refractivity contribution in [2.45, 2.75) is 32.6 Å². The van der Waals surface area contributed by atoms with Gasteiger partial charge >= 0.3 is 0 Å². The molecule has 1 aromatic carbocycles. The van der Waals surface area contributed by atoms with Crippen LogP contribution in [0.15, 0.2) is 24.3 Å². The molecule has 0 saturated carbocycles. The van der Waals surface area contributed by atoms with E-state index in [1.54, 1.807) is 0 Å². The van der Waals surface area contributed by atoms with Crippen LogP contribution in [0.2, 0.25) is 0 Å². The second-order valence-electron chi connectivity index (χ2n) is 3.57. The van der Waals surface area contributed by atoms with Crippen molar-refractivity contribution in [3.05, 3.63) is 29.8 Å². The topological polar surface area (TPSA) is 12.0 Å². The first-order valence-corrected chi connectivity index (χ1v) is 5.55. The summed E-state index contributed by atoms with van der Waals surface area (Å²) in [5.41, 5.74) is 4.00. The Kier molecular flexibility index (Phi) is 4.60. The Balaban J connectivity index is 2.67. The van der Waals surface area contributed by atoms with Gasteiger partial charge in [-0.25, -0.2) is 0 Å². The van der Waals surface area contributed by atoms with Crippen molar-refractivity contribution in [2.75, 3.05) is 5.32 Å². The van der Waals surface area contributed by atoms with Crippen molar-refractivity contribution in [2.24, 2.45) is 0 Å². The first-order chi connectivity index (χ1) is 6.77. The Morgan fingerprint density at radius 2 is 2.00 bits per heavy atom. The standard InChI is InChI=1S/C12H17NS/c1-3-4-10(2)11-5-7-12(8-6-11)13-9-14/h5-10H,3-4H2,1-2H3,(H,13,14). The molecule has 76 valence electrons. The van der Waals surface area contributed by atoms with Gasteiger partial charge < -0.3 is 5.32 Å². The van der Waals surface area contributed by atoms with Gasteiger partial charge in [0.1, 0.15) is 0 Å². The molecular formula is C12H17NS. The molecule has 1 nitrogen and oxygen atoms in total. The smallest absolute Gasteiger partial charge is 0.0658 e. The van der Waals surface area contributed by atoms with Gasteiger partial charge in [-0.2, -0.15) is 0 Å². The Labute approximate surface area is 91.5 Å². The highest BCUT2D eigenvalue weighted by atomic mass is 32.1. The van der Waals surface area contributed by atoms with Gasteiger partial charge in [-0.05, 0) is 30.0 Å². The molecule has 1 unspecified atom stereocenters. The van der Waals surface area contributed by atoms with Gasteiger partial charge in [-0.15, -0.1) is 0 Å². The molecule has 0 aliphatic heterocycles. The fraction of sp³-hybridized carbons (Fsp3) is 0.417. The molecule has 0 aromatic heterocycles. The summed E-state index contributed by atoms with van der Waals surface area (Å²) in [6, 6.07) is 8.48. The van der Waals surface area contributed by atoms with Crippen molar-refractivity contribution >= 4 is 23.4 Å². The van der Waals surface area contributed by atoms with Crippen LogP contribution < -0.4 is 5.32 Å². The zero-order chi connectivity index (χ0) is 10.4. The summed E-state index contributed by atoms with van der Waals surface area (Å²) in [5.74, 6) is 0.654. The summed E-state index contributed by atoms with van der Waals surface area (Å²) in [6.45, 7) is 4.49. The van der Waals surface area contributed by atoms with Gasteiger partial charge in [0, 0.05) is 5.69 Å². The second-order valence-corrected chi connectivity index (χ2v) is 3.81. The van der Waals surface area contributed by atoms with Gasteiger partial charge in [-0.1, -0.05) is 44.6 Å². The lowest BCUT2D eigenvalue weighted by atomic mass is 9.96. The van der Waals surface area contributed by atoms with Crippen molar-refractivity contribution < 1.29 is 0 Å². The maximum Gasteiger partial charge on any atom is 0.0658 e. The van der Waals surface area contributed by atoms with Crippen LogP contribution in [-0.2, 0) is 0 Å². The predicted octanol–water partition coefficient (Wildman–Crippen LogP) is 3.96. The molecule has 0 heterocycles. The van der Waals surface area contributed by atoms with E-state index in [2.05, 4.69) is 43.4 Å². The fourth-order valence-corrected chi connectivity index (χ4v) is 1.71. The number of hydrogen-bond donors (Lipinski definition) is 1. The molecule has 0 amide bonds. The highest BCUT2D eigenvalue weighted by Gasteiger charge is 2.03. The minimum Gasteiger partial charge on any atom is -0.353 e. The molecule has 0 fully saturated rings. The minimum atomic E-state index is 0.654. The van der Waals surface area contributed by atoms with Crippen LogP contribution in [0, 0.1) is 0 Å². The van der Waals surface area contributed by atoms with Crippen LogP contribution in [0.4, 0.5) is 5.69 Å². The lowest BCUT2D eigenvalue weighted by Crippen LogP contribution is -1.95. The Morgan fingerprint density at radius 3 is 2.50 bits per heavy atom. The van der Waals surface area contributed by atoms with E-state index in [1.165, 1.54) is 23.9 Å². The lowest BCUT2D eigenvalue weighted by molar-refractivity contribution is 0.665. The maximum absolute atomic E-state index is 4.72. The maximum atomic E-state index is 4.72. The number of anilines is 1. The summed E-state index contributed by atoms with van der Waals surface area (Å²) < 4.78 is 0. The van der Waals surface area contributed by atoms with Crippen LogP contribution >= 0.6 is 12.2 Å². The summed E-state index contributed by atoms with van der Waals surface area (Å²) >= 11 is 4.72. The van der Waals surface area contributed by atoms with Crippen LogP contribution in [-0.4, -0.2) is 5.49 Å². The Morgan fingerprint density at radius 1 is 1.36 bits per heavy atom. The molecule has 1 rings (SSSR count). The summed E-state index contributed by atoms with van der Waals surface area (Å²) in [7, 11) is 0. The third-order valence-corrected chi connectivity index (χ3v) is 2.54. The number of thiocarbonyl (C=S) groups is 1. The van der Waals surface area contributed by atoms with Crippen molar-refractivity contribution in [3.8, 4) is 0 Å².